The average Bonchev–Trinajstić information content (AvgIpc) is 2.73. The molecular weight excluding hydrogens is 208 g/mol. The highest BCUT2D eigenvalue weighted by Crippen LogP contribution is 2.13. The summed E-state index contributed by atoms with van der Waals surface area (Å²) in [6, 6.07) is 0. The molecule has 0 saturated carbocycles. The van der Waals surface area contributed by atoms with Crippen molar-refractivity contribution in [2.24, 2.45) is 0 Å². The highest BCUT2D eigenvalue weighted by molar-refractivity contribution is 5.81. The van der Waals surface area contributed by atoms with Gasteiger partial charge in [-0.05, 0) is 0 Å². The zero-order valence-corrected chi connectivity index (χ0v) is 8.77. The predicted molar refractivity (Wildman–Crippen MR) is 60.0 cm³/mol. The smallest absolute Gasteiger partial charge is 0.239 e. The summed E-state index contributed by atoms with van der Waals surface area (Å²) in [6.45, 7) is 0.134. The second-order valence-electron chi connectivity index (χ2n) is 3.20. The normalized spacial score (nSPS) is 10.3. The van der Waals surface area contributed by atoms with Gasteiger partial charge in [-0.3, -0.25) is 4.79 Å². The molecule has 84 valence electrons. The number of hydrogen-bond donors (Lipinski definition) is 3. The fraction of sp³-hybridized carbons (Fsp3) is 0.222. The number of rotatable bonds is 3. The lowest BCUT2D eigenvalue weighted by atomic mass is 10.5. The quantitative estimate of drug-likeness (QED) is 0.646. The second-order valence-corrected chi connectivity index (χ2v) is 3.20. The van der Waals surface area contributed by atoms with Gasteiger partial charge in [-0.25, -0.2) is 9.97 Å². The van der Waals surface area contributed by atoms with E-state index < -0.39 is 0 Å². The summed E-state index contributed by atoms with van der Waals surface area (Å²) in [5, 5.41) is 5.38. The zero-order chi connectivity index (χ0) is 11.5. The van der Waals surface area contributed by atoms with E-state index in [1.54, 1.807) is 30.0 Å². The van der Waals surface area contributed by atoms with Crippen molar-refractivity contribution in [2.45, 2.75) is 0 Å². The molecule has 0 fully saturated rings. The Bertz CT molecular complexity index is 520. The van der Waals surface area contributed by atoms with Crippen LogP contribution in [0.5, 0.6) is 0 Å². The van der Waals surface area contributed by atoms with Gasteiger partial charge in [0.25, 0.3) is 0 Å². The summed E-state index contributed by atoms with van der Waals surface area (Å²) in [5.74, 6) is 0.729. The Morgan fingerprint density at radius 1 is 1.62 bits per heavy atom. The van der Waals surface area contributed by atoms with E-state index in [9.17, 15) is 4.79 Å². The van der Waals surface area contributed by atoms with Gasteiger partial charge in [-0.15, -0.1) is 0 Å². The van der Waals surface area contributed by atoms with Crippen molar-refractivity contribution in [2.75, 3.05) is 24.6 Å². The number of amides is 1. The van der Waals surface area contributed by atoms with Crippen LogP contribution in [0.15, 0.2) is 18.6 Å². The van der Waals surface area contributed by atoms with Crippen LogP contribution >= 0.6 is 0 Å². The number of aromatic nitrogens is 3. The average molecular weight is 220 g/mol. The van der Waals surface area contributed by atoms with Gasteiger partial charge >= 0.3 is 0 Å². The first-order valence-electron chi connectivity index (χ1n) is 4.74. The monoisotopic (exact) mass is 220 g/mol. The van der Waals surface area contributed by atoms with Crippen molar-refractivity contribution in [1.29, 1.82) is 0 Å². The fourth-order valence-electron chi connectivity index (χ4n) is 1.32. The molecule has 7 nitrogen and oxygen atoms in total. The number of nitrogen functional groups attached to an aromatic ring is 1. The van der Waals surface area contributed by atoms with Crippen LogP contribution in [0, 0.1) is 0 Å². The minimum absolute atomic E-state index is 0.131. The first kappa shape index (κ1) is 10.2. The maximum atomic E-state index is 11.1. The van der Waals surface area contributed by atoms with Crippen molar-refractivity contribution in [3.8, 4) is 0 Å². The Morgan fingerprint density at radius 2 is 2.44 bits per heavy atom. The van der Waals surface area contributed by atoms with Crippen LogP contribution in [0.4, 0.5) is 11.6 Å². The van der Waals surface area contributed by atoms with Gasteiger partial charge in [0.2, 0.25) is 5.91 Å². The number of likely N-dealkylation sites (N-methyl/N-ethyl adjacent to an activating group) is 1. The van der Waals surface area contributed by atoms with E-state index in [1.807, 2.05) is 0 Å². The molecule has 0 aliphatic carbocycles. The molecule has 0 atom stereocenters. The van der Waals surface area contributed by atoms with Crippen LogP contribution in [0.25, 0.3) is 5.65 Å². The minimum atomic E-state index is -0.131. The molecule has 0 bridgehead atoms. The topological polar surface area (TPSA) is 97.3 Å². The van der Waals surface area contributed by atoms with Gasteiger partial charge in [0.1, 0.15) is 5.82 Å². The zero-order valence-electron chi connectivity index (χ0n) is 8.77. The lowest BCUT2D eigenvalue weighted by Crippen LogP contribution is -2.26. The molecule has 2 aromatic rings. The van der Waals surface area contributed by atoms with Gasteiger partial charge in [-0.1, -0.05) is 0 Å². The number of nitrogens with zero attached hydrogens (tertiary/aromatic N) is 3. The highest BCUT2D eigenvalue weighted by Gasteiger charge is 2.06. The Balaban J connectivity index is 2.28. The molecule has 2 aromatic heterocycles. The van der Waals surface area contributed by atoms with Crippen LogP contribution < -0.4 is 16.4 Å². The Labute approximate surface area is 91.7 Å². The van der Waals surface area contributed by atoms with E-state index in [-0.39, 0.29) is 12.5 Å². The van der Waals surface area contributed by atoms with Crippen molar-refractivity contribution in [3.63, 3.8) is 0 Å². The van der Waals surface area contributed by atoms with E-state index in [1.165, 1.54) is 0 Å². The number of hydrogen-bond acceptors (Lipinski definition) is 5. The predicted octanol–water partition coefficient (Wildman–Crippen LogP) is -0.531. The molecule has 0 aromatic carbocycles. The molecule has 0 spiro atoms. The molecule has 0 saturated heterocycles. The van der Waals surface area contributed by atoms with Crippen LogP contribution in [0.3, 0.4) is 0 Å². The molecule has 2 rings (SSSR count). The maximum Gasteiger partial charge on any atom is 0.239 e. The van der Waals surface area contributed by atoms with Gasteiger partial charge in [0.15, 0.2) is 11.5 Å². The third-order valence-corrected chi connectivity index (χ3v) is 2.09. The van der Waals surface area contributed by atoms with Crippen molar-refractivity contribution < 1.29 is 4.79 Å². The molecule has 2 heterocycles. The lowest BCUT2D eigenvalue weighted by molar-refractivity contribution is -0.118. The summed E-state index contributed by atoms with van der Waals surface area (Å²) < 4.78 is 1.74. The molecule has 0 unspecified atom stereocenters. The Kier molecular flexibility index (Phi) is 2.59. The largest absolute Gasteiger partial charge is 0.382 e. The summed E-state index contributed by atoms with van der Waals surface area (Å²) in [5.41, 5.74) is 6.26. The van der Waals surface area contributed by atoms with Gasteiger partial charge in [-0.2, -0.15) is 0 Å². The minimum Gasteiger partial charge on any atom is -0.382 e. The van der Waals surface area contributed by atoms with E-state index in [2.05, 4.69) is 20.6 Å². The van der Waals surface area contributed by atoms with Gasteiger partial charge in [0.05, 0.1) is 12.7 Å². The Hall–Kier alpha value is -2.31. The van der Waals surface area contributed by atoms with Crippen LogP contribution in [0.1, 0.15) is 0 Å². The SMILES string of the molecule is CNC(=O)CNc1nc(N)cn2ccnc12. The molecule has 0 aliphatic rings. The lowest BCUT2D eigenvalue weighted by Gasteiger charge is -2.06. The maximum absolute atomic E-state index is 11.1. The number of anilines is 2. The van der Waals surface area contributed by atoms with Gasteiger partial charge < -0.3 is 20.8 Å². The van der Waals surface area contributed by atoms with Crippen molar-refractivity contribution in [1.82, 2.24) is 19.7 Å². The fourth-order valence-corrected chi connectivity index (χ4v) is 1.32. The second kappa shape index (κ2) is 4.05. The van der Waals surface area contributed by atoms with Crippen molar-refractivity contribution in [3.05, 3.63) is 18.6 Å². The van der Waals surface area contributed by atoms with E-state index in [0.29, 0.717) is 17.3 Å². The van der Waals surface area contributed by atoms with Crippen LogP contribution in [-0.4, -0.2) is 33.9 Å². The van der Waals surface area contributed by atoms with Crippen LogP contribution in [-0.2, 0) is 4.79 Å². The van der Waals surface area contributed by atoms with Crippen molar-refractivity contribution >= 4 is 23.2 Å². The molecular formula is C9H12N6O. The summed E-state index contributed by atoms with van der Waals surface area (Å²) in [4.78, 5) is 19.3. The first-order valence-corrected chi connectivity index (χ1v) is 4.74. The van der Waals surface area contributed by atoms with E-state index in [4.69, 9.17) is 5.73 Å². The molecule has 0 radical (unpaired) electrons. The highest BCUT2D eigenvalue weighted by atomic mass is 16.1. The van der Waals surface area contributed by atoms with E-state index >= 15 is 0 Å². The van der Waals surface area contributed by atoms with E-state index in [0.717, 1.165) is 0 Å². The summed E-state index contributed by atoms with van der Waals surface area (Å²) in [7, 11) is 1.57. The molecule has 16 heavy (non-hydrogen) atoms. The molecule has 0 aliphatic heterocycles. The summed E-state index contributed by atoms with van der Waals surface area (Å²) in [6.07, 6.45) is 5.06. The molecule has 7 heteroatoms. The number of nitrogens with one attached hydrogen (secondary N) is 2. The number of carbonyl (C=O) groups is 1. The molecule has 1 amide bonds. The van der Waals surface area contributed by atoms with Gasteiger partial charge in [0, 0.05) is 19.4 Å². The molecule has 4 N–H and O–H groups in total. The number of nitrogens with two attached hydrogens (primary N) is 1. The summed E-state index contributed by atoms with van der Waals surface area (Å²) >= 11 is 0. The first-order chi connectivity index (χ1) is 7.70. The third kappa shape index (κ3) is 1.88. The standard InChI is InChI=1S/C9H12N6O/c1-11-7(16)4-13-8-9-12-2-3-15(9)5-6(10)14-8/h2-3,5H,4,10H2,1H3,(H,11,16)(H,13,14). The third-order valence-electron chi connectivity index (χ3n) is 2.09. The number of carbonyl (C=O) groups excluding carboxylic acids is 1. The Morgan fingerprint density at radius 3 is 3.19 bits per heavy atom. The number of fused-ring (bicyclic) bond motifs is 1. The van der Waals surface area contributed by atoms with Crippen LogP contribution in [0.2, 0.25) is 0 Å². The number of imidazole rings is 1.